The lowest BCUT2D eigenvalue weighted by Crippen LogP contribution is -2.56. The average Bonchev–Trinajstić information content (AvgIpc) is 2.35. The molecule has 1 aromatic carbocycles. The van der Waals surface area contributed by atoms with Gasteiger partial charge in [-0.2, -0.15) is 0 Å². The van der Waals surface area contributed by atoms with E-state index < -0.39 is 0 Å². The van der Waals surface area contributed by atoms with Gasteiger partial charge in [0.25, 0.3) is 0 Å². The minimum atomic E-state index is -0.371. The fourth-order valence-electron chi connectivity index (χ4n) is 3.09. The Labute approximate surface area is 126 Å². The summed E-state index contributed by atoms with van der Waals surface area (Å²) in [4.78, 5) is 4.44. The minimum absolute atomic E-state index is 0.187. The van der Waals surface area contributed by atoms with Crippen LogP contribution < -0.4 is 5.73 Å². The van der Waals surface area contributed by atoms with Crippen LogP contribution in [0.2, 0.25) is 0 Å². The lowest BCUT2D eigenvalue weighted by Gasteiger charge is -2.49. The van der Waals surface area contributed by atoms with Gasteiger partial charge >= 0.3 is 0 Å². The summed E-state index contributed by atoms with van der Waals surface area (Å²) in [7, 11) is 6.25. The zero-order valence-electron chi connectivity index (χ0n) is 13.1. The van der Waals surface area contributed by atoms with Crippen molar-refractivity contribution in [3.8, 4) is 0 Å². The molecule has 1 aromatic rings. The number of rotatable bonds is 6. The Bertz CT molecular complexity index is 523. The molecule has 0 aliphatic heterocycles. The highest BCUT2D eigenvalue weighted by atomic mass is 19.1. The number of hydrogen-bond donors (Lipinski definition) is 2. The number of nitrogens with zero attached hydrogens (tertiary/aromatic N) is 2. The van der Waals surface area contributed by atoms with E-state index in [1.54, 1.807) is 18.2 Å². The summed E-state index contributed by atoms with van der Waals surface area (Å²) in [6, 6.07) is 5.07. The average molecular weight is 292 g/mol. The molecule has 0 unspecified atom stereocenters. The second-order valence-corrected chi connectivity index (χ2v) is 6.34. The van der Waals surface area contributed by atoms with E-state index in [0.29, 0.717) is 12.1 Å². The summed E-state index contributed by atoms with van der Waals surface area (Å²) >= 11 is 0. The molecule has 21 heavy (non-hydrogen) atoms. The van der Waals surface area contributed by atoms with Crippen LogP contribution >= 0.6 is 0 Å². The Balaban J connectivity index is 2.08. The zero-order chi connectivity index (χ0) is 15.6. The smallest absolute Gasteiger partial charge is 0.138 e. The van der Waals surface area contributed by atoms with Crippen LogP contribution in [0, 0.1) is 11.2 Å². The molecule has 1 aliphatic rings. The molecule has 4 nitrogen and oxygen atoms in total. The van der Waals surface area contributed by atoms with Crippen molar-refractivity contribution in [1.82, 2.24) is 9.80 Å². The van der Waals surface area contributed by atoms with E-state index in [-0.39, 0.29) is 22.8 Å². The molecule has 116 valence electrons. The summed E-state index contributed by atoms with van der Waals surface area (Å²) in [5, 5.41) is 7.41. The molecule has 2 rings (SSSR count). The second kappa shape index (κ2) is 6.12. The summed E-state index contributed by atoms with van der Waals surface area (Å²) in [5.74, 6) is -0.592. The van der Waals surface area contributed by atoms with Gasteiger partial charge in [-0.15, -0.1) is 0 Å². The van der Waals surface area contributed by atoms with Crippen molar-refractivity contribution in [2.75, 3.05) is 27.7 Å². The Morgan fingerprint density at radius 2 is 2.00 bits per heavy atom. The largest absolute Gasteiger partial charge is 0.384 e. The Kier molecular flexibility index (Phi) is 4.64. The van der Waals surface area contributed by atoms with Crippen molar-refractivity contribution in [2.24, 2.45) is 5.73 Å². The number of benzene rings is 1. The van der Waals surface area contributed by atoms with Crippen molar-refractivity contribution in [1.29, 1.82) is 5.41 Å². The van der Waals surface area contributed by atoms with Gasteiger partial charge in [-0.3, -0.25) is 5.41 Å². The van der Waals surface area contributed by atoms with Crippen LogP contribution in [0.25, 0.3) is 0 Å². The molecular weight excluding hydrogens is 267 g/mol. The molecule has 0 saturated heterocycles. The highest BCUT2D eigenvalue weighted by molar-refractivity contribution is 5.95. The first kappa shape index (κ1) is 15.9. The fourth-order valence-corrected chi connectivity index (χ4v) is 3.09. The minimum Gasteiger partial charge on any atom is -0.384 e. The van der Waals surface area contributed by atoms with Gasteiger partial charge in [0.05, 0.1) is 5.56 Å². The Morgan fingerprint density at radius 3 is 2.48 bits per heavy atom. The predicted octanol–water partition coefficient (Wildman–Crippen LogP) is 2.03. The number of likely N-dealkylation sites (N-methyl/N-ethyl adjacent to an activating group) is 2. The van der Waals surface area contributed by atoms with Gasteiger partial charge in [0.2, 0.25) is 0 Å². The molecule has 5 heteroatoms. The molecule has 0 bridgehead atoms. The van der Waals surface area contributed by atoms with Crippen molar-refractivity contribution >= 4 is 5.84 Å². The van der Waals surface area contributed by atoms with Crippen LogP contribution in [0.1, 0.15) is 30.4 Å². The van der Waals surface area contributed by atoms with Crippen LogP contribution in [0.3, 0.4) is 0 Å². The quantitative estimate of drug-likeness (QED) is 0.623. The molecule has 3 N–H and O–H groups in total. The fraction of sp³-hybridized carbons (Fsp3) is 0.562. The van der Waals surface area contributed by atoms with Crippen molar-refractivity contribution in [3.05, 3.63) is 35.1 Å². The van der Waals surface area contributed by atoms with E-state index in [0.717, 1.165) is 6.54 Å². The molecule has 0 atom stereocenters. The predicted molar refractivity (Wildman–Crippen MR) is 84.0 cm³/mol. The van der Waals surface area contributed by atoms with Gasteiger partial charge in [-0.1, -0.05) is 12.1 Å². The summed E-state index contributed by atoms with van der Waals surface area (Å²) < 4.78 is 14.3. The van der Waals surface area contributed by atoms with E-state index in [4.69, 9.17) is 11.1 Å². The highest BCUT2D eigenvalue weighted by Crippen LogP contribution is 2.36. The number of halogens is 1. The first-order valence-corrected chi connectivity index (χ1v) is 7.33. The molecule has 0 heterocycles. The monoisotopic (exact) mass is 292 g/mol. The van der Waals surface area contributed by atoms with Gasteiger partial charge in [-0.05, 0) is 46.5 Å². The van der Waals surface area contributed by atoms with Crippen LogP contribution in [0.15, 0.2) is 18.2 Å². The zero-order valence-corrected chi connectivity index (χ0v) is 13.1. The van der Waals surface area contributed by atoms with Crippen LogP contribution in [-0.4, -0.2) is 48.9 Å². The van der Waals surface area contributed by atoms with Crippen LogP contribution in [-0.2, 0) is 6.54 Å². The second-order valence-electron chi connectivity index (χ2n) is 6.34. The number of nitrogens with two attached hydrogens (primary N) is 1. The maximum absolute atomic E-state index is 14.3. The lowest BCUT2D eigenvalue weighted by molar-refractivity contribution is 0.0256. The molecular formula is C16H25FN4. The Morgan fingerprint density at radius 1 is 1.33 bits per heavy atom. The van der Waals surface area contributed by atoms with Crippen LogP contribution in [0.5, 0.6) is 0 Å². The topological polar surface area (TPSA) is 56.4 Å². The first-order valence-electron chi connectivity index (χ1n) is 7.33. The van der Waals surface area contributed by atoms with Gasteiger partial charge < -0.3 is 15.5 Å². The van der Waals surface area contributed by atoms with Gasteiger partial charge in [0.1, 0.15) is 11.7 Å². The summed E-state index contributed by atoms with van der Waals surface area (Å²) in [6.45, 7) is 1.45. The van der Waals surface area contributed by atoms with Crippen LogP contribution in [0.4, 0.5) is 4.39 Å². The maximum Gasteiger partial charge on any atom is 0.138 e. The van der Waals surface area contributed by atoms with Crippen molar-refractivity contribution in [2.45, 2.75) is 31.3 Å². The molecule has 0 amide bonds. The third kappa shape index (κ3) is 3.24. The third-order valence-corrected chi connectivity index (χ3v) is 4.61. The third-order valence-electron chi connectivity index (χ3n) is 4.61. The van der Waals surface area contributed by atoms with Gasteiger partial charge in [-0.25, -0.2) is 4.39 Å². The van der Waals surface area contributed by atoms with E-state index in [1.165, 1.54) is 19.3 Å². The number of nitrogens with one attached hydrogen (secondary N) is 1. The van der Waals surface area contributed by atoms with E-state index in [2.05, 4.69) is 23.9 Å². The summed E-state index contributed by atoms with van der Waals surface area (Å²) in [5.41, 5.74) is 6.42. The van der Waals surface area contributed by atoms with Gasteiger partial charge in [0, 0.05) is 24.2 Å². The van der Waals surface area contributed by atoms with E-state index >= 15 is 0 Å². The normalized spacial score (nSPS) is 17.0. The molecule has 0 aromatic heterocycles. The van der Waals surface area contributed by atoms with Gasteiger partial charge in [0.15, 0.2) is 0 Å². The lowest BCUT2D eigenvalue weighted by atomic mass is 9.75. The SMILES string of the molecule is CN(Cc1cccc(C(=N)N)c1F)CC1(N(C)C)CCC1. The standard InChI is InChI=1S/C16H25FN4/c1-20(2)16(8-5-9-16)11-21(3)10-12-6-4-7-13(14(12)17)15(18)19/h4,6-7H,5,8-11H2,1-3H3,(H3,18,19). The molecule has 1 fully saturated rings. The summed E-state index contributed by atoms with van der Waals surface area (Å²) in [6.07, 6.45) is 3.65. The first-order chi connectivity index (χ1) is 9.85. The maximum atomic E-state index is 14.3. The number of hydrogen-bond acceptors (Lipinski definition) is 3. The van der Waals surface area contributed by atoms with E-state index in [9.17, 15) is 4.39 Å². The number of amidine groups is 1. The highest BCUT2D eigenvalue weighted by Gasteiger charge is 2.39. The van der Waals surface area contributed by atoms with E-state index in [1.807, 2.05) is 7.05 Å². The van der Waals surface area contributed by atoms with Crippen molar-refractivity contribution in [3.63, 3.8) is 0 Å². The molecule has 0 radical (unpaired) electrons. The molecule has 1 saturated carbocycles. The number of nitrogen functional groups attached to an aromatic ring is 1. The molecule has 0 spiro atoms. The Hall–Kier alpha value is -1.46. The molecule has 1 aliphatic carbocycles. The van der Waals surface area contributed by atoms with Crippen molar-refractivity contribution < 1.29 is 4.39 Å².